The van der Waals surface area contributed by atoms with E-state index < -0.39 is 72.1 Å². The molecule has 3 heterocycles. The fraction of sp³-hybridized carbons (Fsp3) is 0.714. The molecule has 0 radical (unpaired) electrons. The van der Waals surface area contributed by atoms with Gasteiger partial charge in [0.1, 0.15) is 23.4 Å². The number of carbonyl (C=O) groups excluding carboxylic acids is 4. The normalized spacial score (nSPS) is 25.1. The third kappa shape index (κ3) is 12.0. The third-order valence-corrected chi connectivity index (χ3v) is 7.90. The van der Waals surface area contributed by atoms with Gasteiger partial charge in [0.05, 0.1) is 20.7 Å². The van der Waals surface area contributed by atoms with Gasteiger partial charge >= 0.3 is 11.9 Å². The molecule has 49 heavy (non-hydrogen) atoms. The second-order valence-corrected chi connectivity index (χ2v) is 14.3. The summed E-state index contributed by atoms with van der Waals surface area (Å²) in [6.07, 6.45) is -6.28. The van der Waals surface area contributed by atoms with E-state index in [4.69, 9.17) is 29.8 Å². The Balaban J connectivity index is 1.61. The minimum absolute atomic E-state index is 0.0424. The van der Waals surface area contributed by atoms with Crippen LogP contribution in [0.25, 0.3) is 0 Å². The predicted molar refractivity (Wildman–Crippen MR) is 178 cm³/mol. The lowest BCUT2D eigenvalue weighted by Crippen LogP contribution is -2.57. The molecule has 2 amide bonds. The number of carbonyl (C=O) groups is 4. The number of esters is 2. The van der Waals surface area contributed by atoms with Crippen molar-refractivity contribution < 1.29 is 49.0 Å². The molecule has 0 aromatic heterocycles. The number of benzene rings is 1. The highest BCUT2D eigenvalue weighted by molar-refractivity contribution is 6.01. The third-order valence-electron chi connectivity index (χ3n) is 7.90. The van der Waals surface area contributed by atoms with E-state index in [1.165, 1.54) is 0 Å². The van der Waals surface area contributed by atoms with E-state index in [9.17, 15) is 19.2 Å². The predicted octanol–water partition coefficient (Wildman–Crippen LogP) is 1.05. The van der Waals surface area contributed by atoms with Crippen molar-refractivity contribution in [1.82, 2.24) is 20.4 Å². The van der Waals surface area contributed by atoms with Crippen LogP contribution in [-0.4, -0.2) is 141 Å². The van der Waals surface area contributed by atoms with E-state index in [0.717, 1.165) is 5.56 Å². The Labute approximate surface area is 290 Å². The Morgan fingerprint density at radius 1 is 0.837 bits per heavy atom. The Morgan fingerprint density at radius 3 is 1.88 bits per heavy atom. The van der Waals surface area contributed by atoms with Crippen molar-refractivity contribution in [2.24, 2.45) is 0 Å². The summed E-state index contributed by atoms with van der Waals surface area (Å²) in [7, 11) is 0. The molecule has 3 unspecified atom stereocenters. The van der Waals surface area contributed by atoms with Gasteiger partial charge in [-0.15, -0.1) is 0 Å². The lowest BCUT2D eigenvalue weighted by molar-refractivity contribution is -0.220. The first-order chi connectivity index (χ1) is 23.6. The zero-order valence-corrected chi connectivity index (χ0v) is 29.6. The number of hydrogen-bond donors (Lipinski definition) is 2. The number of piperazine rings is 2. The maximum atomic E-state index is 13.8. The zero-order chi connectivity index (χ0) is 36.5. The van der Waals surface area contributed by atoms with Crippen LogP contribution >= 0.6 is 0 Å². The molecule has 2 N–H and O–H groups in total. The van der Waals surface area contributed by atoms with E-state index in [-0.39, 0.29) is 19.6 Å². The molecule has 0 spiro atoms. The van der Waals surface area contributed by atoms with Crippen LogP contribution in [0.5, 0.6) is 0 Å². The number of nitrogens with zero attached hydrogens (tertiary/aromatic N) is 2. The van der Waals surface area contributed by atoms with Gasteiger partial charge < -0.3 is 48.9 Å². The summed E-state index contributed by atoms with van der Waals surface area (Å²) < 4.78 is 44.6. The molecule has 4 rings (SSSR count). The Morgan fingerprint density at radius 2 is 1.35 bits per heavy atom. The molecule has 274 valence electrons. The molecule has 1 aromatic rings. The Kier molecular flexibility index (Phi) is 13.4. The second kappa shape index (κ2) is 17.7. The van der Waals surface area contributed by atoms with E-state index in [1.807, 2.05) is 30.3 Å². The Bertz CT molecular complexity index is 1280. The van der Waals surface area contributed by atoms with Gasteiger partial charge in [-0.05, 0) is 53.5 Å². The zero-order valence-electron chi connectivity index (χ0n) is 30.6. The van der Waals surface area contributed by atoms with Crippen LogP contribution in [0, 0.1) is 0 Å². The van der Waals surface area contributed by atoms with Crippen LogP contribution in [-0.2, 0) is 54.2 Å². The minimum atomic E-state index is -1.63. The SMILES string of the molecule is [2H]C1C[C@@H](OC(C(=O)OC(C)(C)C)C(=O)N2CCNCC2)[C@H](OCc2ccccc2)[C@@H](COC(C(=O)OC(C)(C)C)C(=O)N2CCNCC2)O1. The Hall–Kier alpha value is -3.14. The molecule has 0 bridgehead atoms. The van der Waals surface area contributed by atoms with Crippen molar-refractivity contribution in [3.05, 3.63) is 35.9 Å². The summed E-state index contributed by atoms with van der Waals surface area (Å²) >= 11 is 0. The number of amides is 2. The maximum Gasteiger partial charge on any atom is 0.345 e. The average molecular weight is 692 g/mol. The van der Waals surface area contributed by atoms with Gasteiger partial charge in [0.2, 0.25) is 12.2 Å². The summed E-state index contributed by atoms with van der Waals surface area (Å²) in [5.41, 5.74) is -0.951. The molecular weight excluding hydrogens is 636 g/mol. The molecule has 3 fully saturated rings. The molecule has 1 aromatic carbocycles. The highest BCUT2D eigenvalue weighted by Crippen LogP contribution is 2.26. The molecule has 0 aliphatic carbocycles. The summed E-state index contributed by atoms with van der Waals surface area (Å²) in [5, 5.41) is 6.37. The first-order valence-electron chi connectivity index (χ1n) is 17.6. The van der Waals surface area contributed by atoms with E-state index in [2.05, 4.69) is 10.6 Å². The van der Waals surface area contributed by atoms with E-state index in [0.29, 0.717) is 52.4 Å². The summed E-state index contributed by atoms with van der Waals surface area (Å²) in [6.45, 7) is 12.6. The van der Waals surface area contributed by atoms with Crippen LogP contribution in [0.3, 0.4) is 0 Å². The summed E-state index contributed by atoms with van der Waals surface area (Å²) in [4.78, 5) is 57.4. The smallest absolute Gasteiger partial charge is 0.345 e. The molecule has 3 aliphatic heterocycles. The van der Waals surface area contributed by atoms with Crippen molar-refractivity contribution in [2.75, 3.05) is 65.5 Å². The molecule has 3 aliphatic rings. The summed E-state index contributed by atoms with van der Waals surface area (Å²) in [5.74, 6) is -2.79. The fourth-order valence-corrected chi connectivity index (χ4v) is 5.61. The standard InChI is InChI=1S/C35H54N4O10/c1-34(2,3)48-32(42)28(30(40)38-17-13-36-14-18-38)46-23-26-27(45-22-24-10-8-7-9-11-24)25(12-21-44-26)47-29(33(43)49-35(4,5)6)31(41)39-19-15-37-16-20-39/h7-11,25-29,36-37H,12-23H2,1-6H3/t25-,26-,27+,28?,29?/m1/s1/i21D/t21?,25-,26-,27+,28?,29?. The number of hydrogen-bond acceptors (Lipinski definition) is 12. The van der Waals surface area contributed by atoms with Crippen molar-refractivity contribution in [3.63, 3.8) is 0 Å². The first-order valence-corrected chi connectivity index (χ1v) is 17.1. The molecule has 14 nitrogen and oxygen atoms in total. The summed E-state index contributed by atoms with van der Waals surface area (Å²) in [6, 6.07) is 9.35. The van der Waals surface area contributed by atoms with Crippen molar-refractivity contribution in [2.45, 2.75) is 96.3 Å². The van der Waals surface area contributed by atoms with Crippen molar-refractivity contribution >= 4 is 23.8 Å². The van der Waals surface area contributed by atoms with E-state index in [1.54, 1.807) is 51.3 Å². The maximum absolute atomic E-state index is 13.8. The molecule has 0 saturated carbocycles. The minimum Gasteiger partial charge on any atom is -0.458 e. The topological polar surface area (TPSA) is 154 Å². The average Bonchev–Trinajstić information content (AvgIpc) is 3.06. The van der Waals surface area contributed by atoms with Crippen LogP contribution in [0.15, 0.2) is 30.3 Å². The van der Waals surface area contributed by atoms with Crippen LogP contribution < -0.4 is 10.6 Å². The lowest BCUT2D eigenvalue weighted by atomic mass is 10.0. The van der Waals surface area contributed by atoms with Crippen molar-refractivity contribution in [1.29, 1.82) is 0 Å². The molecular formula is C35H54N4O10. The van der Waals surface area contributed by atoms with Gasteiger partial charge in [0.15, 0.2) is 0 Å². The second-order valence-electron chi connectivity index (χ2n) is 14.3. The monoisotopic (exact) mass is 691 g/mol. The van der Waals surface area contributed by atoms with Gasteiger partial charge in [-0.1, -0.05) is 30.3 Å². The lowest BCUT2D eigenvalue weighted by Gasteiger charge is -2.40. The highest BCUT2D eigenvalue weighted by Gasteiger charge is 2.45. The van der Waals surface area contributed by atoms with E-state index >= 15 is 0 Å². The quantitative estimate of drug-likeness (QED) is 0.238. The van der Waals surface area contributed by atoms with Crippen LogP contribution in [0.2, 0.25) is 0 Å². The number of ether oxygens (including phenoxy) is 6. The van der Waals surface area contributed by atoms with Crippen molar-refractivity contribution in [3.8, 4) is 0 Å². The first kappa shape index (κ1) is 37.1. The number of rotatable bonds is 12. The van der Waals surface area contributed by atoms with Crippen LogP contribution in [0.4, 0.5) is 0 Å². The van der Waals surface area contributed by atoms with Gasteiger partial charge in [0.25, 0.3) is 11.8 Å². The van der Waals surface area contributed by atoms with Gasteiger partial charge in [0, 0.05) is 58.9 Å². The largest absolute Gasteiger partial charge is 0.458 e. The molecule has 3 saturated heterocycles. The van der Waals surface area contributed by atoms with Gasteiger partial charge in [-0.3, -0.25) is 9.59 Å². The van der Waals surface area contributed by atoms with Crippen LogP contribution in [0.1, 0.15) is 54.9 Å². The van der Waals surface area contributed by atoms with Gasteiger partial charge in [-0.25, -0.2) is 9.59 Å². The molecule has 14 heteroatoms. The van der Waals surface area contributed by atoms with Gasteiger partial charge in [-0.2, -0.15) is 0 Å². The molecule has 6 atom stereocenters. The fourth-order valence-electron chi connectivity index (χ4n) is 5.61. The number of nitrogens with one attached hydrogen (secondary N) is 2. The highest BCUT2D eigenvalue weighted by atomic mass is 16.6.